The van der Waals surface area contributed by atoms with Crippen LogP contribution in [0.1, 0.15) is 285 Å². The molecule has 0 bridgehead atoms. The van der Waals surface area contributed by atoms with Crippen molar-refractivity contribution < 1.29 is 209 Å². The van der Waals surface area contributed by atoms with E-state index in [1.165, 1.54) is 58.5 Å². The SMILES string of the molecule is CCCCCC/C=C\CCCCCCCCCC(=O)N[C@H]1[C@H](OC[C@H]2O[C@H](OP(=O)([O-])[O-])[C@H](NC(=O)CC(=O)CCCCCCCCCCC)[C@@H](OCCCCCCCCCC)[C@@H]2O)O[C@H](COC)[C@@H](OP(=O)([O-])[O-])[C@@H]1OCC[C@@H](CCCCCCC)OC.[Na+].[Na+].[Na+].[Na+]. The molecule has 0 aromatic rings. The molecule has 21 nitrogen and oxygen atoms in total. The number of hydrogen-bond donors (Lipinski definition) is 3. The van der Waals surface area contributed by atoms with E-state index < -0.39 is 102 Å². The van der Waals surface area contributed by atoms with Gasteiger partial charge < -0.3 is 86.6 Å². The van der Waals surface area contributed by atoms with E-state index in [9.17, 15) is 48.2 Å². The molecule has 27 heteroatoms. The van der Waals surface area contributed by atoms with Gasteiger partial charge in [0, 0.05) is 40.3 Å². The minimum absolute atomic E-state index is 0. The quantitative estimate of drug-likeness (QED) is 0.0219. The number of carbonyl (C=O) groups excluding carboxylic acids is 3. The van der Waals surface area contributed by atoms with Gasteiger partial charge in [-0.1, -0.05) is 220 Å². The second-order valence-corrected chi connectivity index (χ2v) is 27.0. The molecule has 0 aromatic carbocycles. The zero-order valence-corrected chi connectivity index (χ0v) is 69.6. The van der Waals surface area contributed by atoms with Gasteiger partial charge in [-0.3, -0.25) is 14.4 Å². The molecule has 524 valence electrons. The van der Waals surface area contributed by atoms with E-state index in [2.05, 4.69) is 50.5 Å². The van der Waals surface area contributed by atoms with Crippen LogP contribution >= 0.6 is 15.6 Å². The van der Waals surface area contributed by atoms with E-state index in [0.717, 1.165) is 161 Å². The Kier molecular flexibility index (Phi) is 68.3. The zero-order chi connectivity index (χ0) is 65.4. The van der Waals surface area contributed by atoms with E-state index in [1.807, 2.05) is 0 Å². The van der Waals surface area contributed by atoms with Crippen LogP contribution in [-0.2, 0) is 65.7 Å². The summed E-state index contributed by atoms with van der Waals surface area (Å²) in [5, 5.41) is 17.7. The van der Waals surface area contributed by atoms with Gasteiger partial charge in [0.1, 0.15) is 54.5 Å². The van der Waals surface area contributed by atoms with Gasteiger partial charge in [-0.25, -0.2) is 0 Å². The zero-order valence-electron chi connectivity index (χ0n) is 59.8. The number of Topliss-reactive ketones (excluding diaryl/α,β-unsaturated/α-hetero) is 1. The number of ether oxygens (including phenoxy) is 7. The van der Waals surface area contributed by atoms with Gasteiger partial charge in [-0.2, -0.15) is 0 Å². The summed E-state index contributed by atoms with van der Waals surface area (Å²) in [7, 11) is -8.77. The number of methoxy groups -OCH3 is 2. The van der Waals surface area contributed by atoms with Crippen molar-refractivity contribution in [1.82, 2.24) is 10.6 Å². The van der Waals surface area contributed by atoms with Gasteiger partial charge in [0.2, 0.25) is 11.8 Å². The largest absolute Gasteiger partial charge is 1.00 e. The number of phosphoric acid groups is 2. The number of allylic oxidation sites excluding steroid dienone is 2. The summed E-state index contributed by atoms with van der Waals surface area (Å²) >= 11 is 0. The summed E-state index contributed by atoms with van der Waals surface area (Å²) < 4.78 is 77.9. The van der Waals surface area contributed by atoms with Crippen molar-refractivity contribution in [2.45, 2.75) is 352 Å². The van der Waals surface area contributed by atoms with Crippen molar-refractivity contribution in [3.05, 3.63) is 12.2 Å². The fourth-order valence-corrected chi connectivity index (χ4v) is 12.7. The van der Waals surface area contributed by atoms with Crippen LogP contribution in [-0.4, -0.2) is 131 Å². The number of rotatable bonds is 59. The molecule has 2 rings (SSSR count). The Hall–Kier alpha value is 2.25. The minimum atomic E-state index is -5.90. The smallest absolute Gasteiger partial charge is 0.790 e. The average Bonchev–Trinajstić information content (AvgIpc) is 0.798. The predicted octanol–water partition coefficient (Wildman–Crippen LogP) is -0.901. The molecular formula is C66H122N2Na4O19P2. The molecule has 3 N–H and O–H groups in total. The topological polar surface area (TPSA) is 305 Å². The first-order valence-electron chi connectivity index (χ1n) is 34.9. The number of ketones is 1. The molecular weight excluding hydrogens is 1280 g/mol. The summed E-state index contributed by atoms with van der Waals surface area (Å²) in [5.41, 5.74) is 0. The summed E-state index contributed by atoms with van der Waals surface area (Å²) in [6, 6.07) is -3.00. The molecule has 0 radical (unpaired) electrons. The maximum Gasteiger partial charge on any atom is 1.00 e. The van der Waals surface area contributed by atoms with Gasteiger partial charge in [0.15, 0.2) is 12.6 Å². The first kappa shape index (κ1) is 99.4. The van der Waals surface area contributed by atoms with Crippen molar-refractivity contribution in [2.75, 3.05) is 40.6 Å². The van der Waals surface area contributed by atoms with Crippen LogP contribution in [0.3, 0.4) is 0 Å². The molecule has 2 aliphatic heterocycles. The first-order valence-corrected chi connectivity index (χ1v) is 37.9. The minimum Gasteiger partial charge on any atom is -0.790 e. The fourth-order valence-electron chi connectivity index (χ4n) is 11.7. The van der Waals surface area contributed by atoms with Crippen molar-refractivity contribution in [2.24, 2.45) is 0 Å². The van der Waals surface area contributed by atoms with Crippen molar-refractivity contribution >= 4 is 33.2 Å². The third kappa shape index (κ3) is 50.3. The number of amides is 2. The summed E-state index contributed by atoms with van der Waals surface area (Å²) in [4.78, 5) is 90.9. The average molecular weight is 1400 g/mol. The summed E-state index contributed by atoms with van der Waals surface area (Å²) in [6.45, 7) is 7.64. The molecule has 2 amide bonds. The summed E-state index contributed by atoms with van der Waals surface area (Å²) in [6.07, 6.45) is 28.0. The number of aliphatic hydroxyl groups excluding tert-OH is 1. The molecule has 0 aliphatic carbocycles. The van der Waals surface area contributed by atoms with Gasteiger partial charge >= 0.3 is 118 Å². The van der Waals surface area contributed by atoms with E-state index in [-0.39, 0.29) is 163 Å². The van der Waals surface area contributed by atoms with Crippen LogP contribution in [0.4, 0.5) is 0 Å². The Morgan fingerprint density at radius 1 is 0.473 bits per heavy atom. The van der Waals surface area contributed by atoms with Crippen LogP contribution in [0.2, 0.25) is 0 Å². The standard InChI is InChI=1S/C66H126N2O19P2.4Na/c1-7-11-15-19-22-25-26-27-28-29-30-32-34-38-42-46-57(70)67-60-64(82-49-47-54(80-6)45-41-36-18-14-10-4)62(86-88(73,74)75)56(51-79-5)85-65(60)83-52-55-61(72)63(81-48-43-39-35-24-21-17-13-9-3)59(66(84-55)87-89(76,77)78)68-58(71)50-53(69)44-40-37-33-31-23-20-16-12-8-2;;;;/h25-26,54-56,59-66,72H,7-24,27-52H2,1-6H3,(H,67,70)(H,68,71)(H2,73,74,75)(H2,76,77,78);;;;/q;4*+1/p-4/b26-25-;;;;/t54-,55-,56-,59-,60-,61-,62-,63-,64-,65-,66-;;;;/m1..../s1. The number of hydrogen-bond acceptors (Lipinski definition) is 19. The van der Waals surface area contributed by atoms with E-state index >= 15 is 0 Å². The van der Waals surface area contributed by atoms with Gasteiger partial charge in [0.25, 0.3) is 0 Å². The Bertz CT molecular complexity index is 1920. The van der Waals surface area contributed by atoms with E-state index in [0.29, 0.717) is 25.7 Å². The Morgan fingerprint density at radius 2 is 0.903 bits per heavy atom. The third-order valence-corrected chi connectivity index (χ3v) is 17.8. The number of phosphoric ester groups is 2. The van der Waals surface area contributed by atoms with E-state index in [1.54, 1.807) is 7.11 Å². The second-order valence-electron chi connectivity index (χ2n) is 24.7. The van der Waals surface area contributed by atoms with Gasteiger partial charge in [0.05, 0.1) is 41.4 Å². The van der Waals surface area contributed by atoms with Crippen LogP contribution in [0.25, 0.3) is 0 Å². The fraction of sp³-hybridized carbons (Fsp3) is 0.924. The maximum atomic E-state index is 14.1. The number of carbonyl (C=O) groups is 3. The molecule has 11 atom stereocenters. The molecule has 2 fully saturated rings. The monoisotopic (exact) mass is 1400 g/mol. The molecule has 2 heterocycles. The van der Waals surface area contributed by atoms with Crippen molar-refractivity contribution in [1.29, 1.82) is 0 Å². The Morgan fingerprint density at radius 3 is 1.41 bits per heavy atom. The van der Waals surface area contributed by atoms with Crippen LogP contribution in [0.5, 0.6) is 0 Å². The normalized spacial score (nSPS) is 21.9. The molecule has 0 spiro atoms. The third-order valence-electron chi connectivity index (χ3n) is 16.8. The maximum absolute atomic E-state index is 14.1. The molecule has 0 unspecified atom stereocenters. The van der Waals surface area contributed by atoms with Crippen molar-refractivity contribution in [3.63, 3.8) is 0 Å². The van der Waals surface area contributed by atoms with Crippen LogP contribution < -0.4 is 148 Å². The Labute approximate surface area is 650 Å². The molecule has 0 aromatic heterocycles. The van der Waals surface area contributed by atoms with Crippen LogP contribution in [0.15, 0.2) is 12.2 Å². The number of aliphatic hydroxyl groups is 1. The molecule has 93 heavy (non-hydrogen) atoms. The van der Waals surface area contributed by atoms with Crippen molar-refractivity contribution in [3.8, 4) is 0 Å². The van der Waals surface area contributed by atoms with E-state index in [4.69, 9.17) is 42.2 Å². The second kappa shape index (κ2) is 63.9. The molecule has 2 aliphatic rings. The van der Waals surface area contributed by atoms with Gasteiger partial charge in [-0.05, 0) is 57.8 Å². The number of unbranched alkanes of at least 4 members (excludes halogenated alkanes) is 30. The molecule has 2 saturated heterocycles. The first-order chi connectivity index (χ1) is 42.9. The Balaban J connectivity index is -0.0000202. The molecule has 0 saturated carbocycles. The summed E-state index contributed by atoms with van der Waals surface area (Å²) in [5.74, 6) is -1.64. The van der Waals surface area contributed by atoms with Gasteiger partial charge in [-0.15, -0.1) is 0 Å². The predicted molar refractivity (Wildman–Crippen MR) is 338 cm³/mol. The number of nitrogens with one attached hydrogen (secondary N) is 2. The van der Waals surface area contributed by atoms with Crippen LogP contribution in [0, 0.1) is 0 Å².